The highest BCUT2D eigenvalue weighted by molar-refractivity contribution is 5.30. The van der Waals surface area contributed by atoms with Crippen molar-refractivity contribution in [3.05, 3.63) is 29.8 Å². The van der Waals surface area contributed by atoms with E-state index >= 15 is 0 Å². The fraction of sp³-hybridized carbons (Fsp3) is 0.571. The molecule has 1 heterocycles. The summed E-state index contributed by atoms with van der Waals surface area (Å²) in [5.74, 6) is 0.816. The first-order valence-electron chi connectivity index (χ1n) is 6.42. The van der Waals surface area contributed by atoms with Crippen LogP contribution in [0.2, 0.25) is 0 Å². The van der Waals surface area contributed by atoms with Gasteiger partial charge in [0.15, 0.2) is 0 Å². The molecule has 1 aliphatic heterocycles. The molecule has 0 aromatic heterocycles. The predicted molar refractivity (Wildman–Crippen MR) is 71.9 cm³/mol. The lowest BCUT2D eigenvalue weighted by Crippen LogP contribution is -2.48. The Hall–Kier alpha value is -1.10. The second-order valence-corrected chi connectivity index (χ2v) is 5.03. The minimum Gasteiger partial charge on any atom is -0.497 e. The predicted octanol–water partition coefficient (Wildman–Crippen LogP) is 0.808. The summed E-state index contributed by atoms with van der Waals surface area (Å²) < 4.78 is 5.13. The molecule has 0 spiro atoms. The summed E-state index contributed by atoms with van der Waals surface area (Å²) in [5, 5.41) is 13.9. The lowest BCUT2D eigenvalue weighted by Gasteiger charge is -2.34. The number of benzene rings is 1. The van der Waals surface area contributed by atoms with Gasteiger partial charge >= 0.3 is 0 Å². The van der Waals surface area contributed by atoms with Crippen molar-refractivity contribution in [2.75, 3.05) is 39.8 Å². The summed E-state index contributed by atoms with van der Waals surface area (Å²) in [7, 11) is 1.65. The first-order chi connectivity index (χ1) is 8.62. The molecular formula is C14H22N2O2. The molecule has 4 heteroatoms. The Kier molecular flexibility index (Phi) is 4.22. The van der Waals surface area contributed by atoms with Crippen molar-refractivity contribution in [1.82, 2.24) is 10.2 Å². The molecule has 0 bridgehead atoms. The van der Waals surface area contributed by atoms with Gasteiger partial charge in [0.25, 0.3) is 0 Å². The quantitative estimate of drug-likeness (QED) is 0.830. The minimum atomic E-state index is -0.816. The van der Waals surface area contributed by atoms with E-state index in [1.165, 1.54) is 0 Å². The normalized spacial score (nSPS) is 20.4. The van der Waals surface area contributed by atoms with Crippen molar-refractivity contribution in [3.8, 4) is 5.75 Å². The second-order valence-electron chi connectivity index (χ2n) is 5.03. The van der Waals surface area contributed by atoms with Gasteiger partial charge in [0.2, 0.25) is 0 Å². The van der Waals surface area contributed by atoms with Crippen LogP contribution in [-0.4, -0.2) is 49.8 Å². The van der Waals surface area contributed by atoms with Crippen LogP contribution in [0.1, 0.15) is 12.5 Å². The van der Waals surface area contributed by atoms with Gasteiger partial charge in [-0.1, -0.05) is 12.1 Å². The van der Waals surface area contributed by atoms with Crippen LogP contribution in [0.3, 0.4) is 0 Å². The van der Waals surface area contributed by atoms with Gasteiger partial charge in [-0.25, -0.2) is 0 Å². The molecule has 2 rings (SSSR count). The maximum Gasteiger partial charge on any atom is 0.118 e. The molecule has 1 unspecified atom stereocenters. The second kappa shape index (κ2) is 5.69. The number of piperazine rings is 1. The molecule has 1 atom stereocenters. The van der Waals surface area contributed by atoms with Gasteiger partial charge < -0.3 is 15.2 Å². The van der Waals surface area contributed by atoms with Crippen LogP contribution in [0.4, 0.5) is 0 Å². The van der Waals surface area contributed by atoms with E-state index in [0.29, 0.717) is 6.54 Å². The van der Waals surface area contributed by atoms with Crippen molar-refractivity contribution >= 4 is 0 Å². The molecule has 1 saturated heterocycles. The fourth-order valence-corrected chi connectivity index (χ4v) is 2.35. The van der Waals surface area contributed by atoms with E-state index in [9.17, 15) is 5.11 Å². The number of hydrogen-bond acceptors (Lipinski definition) is 4. The van der Waals surface area contributed by atoms with Crippen LogP contribution in [0.15, 0.2) is 24.3 Å². The van der Waals surface area contributed by atoms with Crippen molar-refractivity contribution in [3.63, 3.8) is 0 Å². The molecule has 4 nitrogen and oxygen atoms in total. The SMILES string of the molecule is COc1ccc(C(C)(O)CN2CCNCC2)cc1. The van der Waals surface area contributed by atoms with Gasteiger partial charge in [-0.3, -0.25) is 4.90 Å². The van der Waals surface area contributed by atoms with Gasteiger partial charge in [0.05, 0.1) is 12.7 Å². The van der Waals surface area contributed by atoms with Gasteiger partial charge in [-0.2, -0.15) is 0 Å². The van der Waals surface area contributed by atoms with Crippen LogP contribution in [0.25, 0.3) is 0 Å². The van der Waals surface area contributed by atoms with E-state index in [2.05, 4.69) is 10.2 Å². The van der Waals surface area contributed by atoms with Gasteiger partial charge in [0, 0.05) is 32.7 Å². The summed E-state index contributed by atoms with van der Waals surface area (Å²) in [5.41, 5.74) is 0.116. The number of β-amino-alcohol motifs (C(OH)–C–C–N with tert-alkyl or cyclic N) is 1. The van der Waals surface area contributed by atoms with Crippen LogP contribution in [0, 0.1) is 0 Å². The monoisotopic (exact) mass is 250 g/mol. The van der Waals surface area contributed by atoms with Crippen molar-refractivity contribution in [2.24, 2.45) is 0 Å². The molecule has 1 aliphatic rings. The molecule has 1 aromatic rings. The zero-order valence-electron chi connectivity index (χ0n) is 11.1. The van der Waals surface area contributed by atoms with Crippen molar-refractivity contribution in [2.45, 2.75) is 12.5 Å². The molecule has 0 radical (unpaired) electrons. The summed E-state index contributed by atoms with van der Waals surface area (Å²) in [6.07, 6.45) is 0. The highest BCUT2D eigenvalue weighted by Gasteiger charge is 2.26. The number of hydrogen-bond donors (Lipinski definition) is 2. The minimum absolute atomic E-state index is 0.668. The van der Waals surface area contributed by atoms with Gasteiger partial charge in [0.1, 0.15) is 5.75 Å². The average molecular weight is 250 g/mol. The first kappa shape index (κ1) is 13.3. The van der Waals surface area contributed by atoms with Gasteiger partial charge in [-0.15, -0.1) is 0 Å². The Labute approximate surface area is 109 Å². The summed E-state index contributed by atoms with van der Waals surface area (Å²) in [6, 6.07) is 7.64. The van der Waals surface area contributed by atoms with E-state index in [-0.39, 0.29) is 0 Å². The number of aliphatic hydroxyl groups is 1. The third-order valence-corrected chi connectivity index (χ3v) is 3.45. The fourth-order valence-electron chi connectivity index (χ4n) is 2.35. The van der Waals surface area contributed by atoms with Crippen LogP contribution < -0.4 is 10.1 Å². The smallest absolute Gasteiger partial charge is 0.118 e. The molecule has 18 heavy (non-hydrogen) atoms. The van der Waals surface area contributed by atoms with E-state index in [1.807, 2.05) is 31.2 Å². The van der Waals surface area contributed by atoms with E-state index in [4.69, 9.17) is 4.74 Å². The Morgan fingerprint density at radius 3 is 2.44 bits per heavy atom. The van der Waals surface area contributed by atoms with E-state index < -0.39 is 5.60 Å². The number of nitrogens with one attached hydrogen (secondary N) is 1. The molecular weight excluding hydrogens is 228 g/mol. The third kappa shape index (κ3) is 3.22. The zero-order valence-corrected chi connectivity index (χ0v) is 11.1. The van der Waals surface area contributed by atoms with E-state index in [0.717, 1.165) is 37.5 Å². The topological polar surface area (TPSA) is 44.7 Å². The maximum atomic E-state index is 10.6. The van der Waals surface area contributed by atoms with Crippen LogP contribution in [-0.2, 0) is 5.60 Å². The molecule has 1 fully saturated rings. The van der Waals surface area contributed by atoms with Crippen molar-refractivity contribution < 1.29 is 9.84 Å². The summed E-state index contributed by atoms with van der Waals surface area (Å²) in [4.78, 5) is 2.29. The summed E-state index contributed by atoms with van der Waals surface area (Å²) in [6.45, 7) is 6.52. The number of ether oxygens (including phenoxy) is 1. The lowest BCUT2D eigenvalue weighted by molar-refractivity contribution is 0.0126. The Bertz CT molecular complexity index is 370. The average Bonchev–Trinajstić information content (AvgIpc) is 2.39. The van der Waals surface area contributed by atoms with Crippen LogP contribution >= 0.6 is 0 Å². The Balaban J connectivity index is 2.03. The highest BCUT2D eigenvalue weighted by atomic mass is 16.5. The van der Waals surface area contributed by atoms with Crippen molar-refractivity contribution in [1.29, 1.82) is 0 Å². The number of nitrogens with zero attached hydrogens (tertiary/aromatic N) is 1. The largest absolute Gasteiger partial charge is 0.497 e. The first-order valence-corrected chi connectivity index (χ1v) is 6.42. The zero-order chi connectivity index (χ0) is 13.0. The summed E-state index contributed by atoms with van der Waals surface area (Å²) >= 11 is 0. The molecule has 0 aliphatic carbocycles. The standard InChI is InChI=1S/C14H22N2O2/c1-14(17,11-16-9-7-15-8-10-16)12-3-5-13(18-2)6-4-12/h3-6,15,17H,7-11H2,1-2H3. The molecule has 100 valence electrons. The highest BCUT2D eigenvalue weighted by Crippen LogP contribution is 2.24. The molecule has 0 saturated carbocycles. The van der Waals surface area contributed by atoms with Crippen LogP contribution in [0.5, 0.6) is 5.75 Å². The van der Waals surface area contributed by atoms with Gasteiger partial charge in [-0.05, 0) is 24.6 Å². The number of rotatable bonds is 4. The molecule has 2 N–H and O–H groups in total. The lowest BCUT2D eigenvalue weighted by atomic mass is 9.95. The molecule has 1 aromatic carbocycles. The third-order valence-electron chi connectivity index (χ3n) is 3.45. The Morgan fingerprint density at radius 1 is 1.28 bits per heavy atom. The maximum absolute atomic E-state index is 10.6. The molecule has 0 amide bonds. The number of methoxy groups -OCH3 is 1. The Morgan fingerprint density at radius 2 is 1.89 bits per heavy atom. The van der Waals surface area contributed by atoms with E-state index in [1.54, 1.807) is 7.11 Å².